The van der Waals surface area contributed by atoms with Crippen LogP contribution in [0.5, 0.6) is 0 Å². The normalized spacial score (nSPS) is 27.8. The van der Waals surface area contributed by atoms with Gasteiger partial charge in [-0.15, -0.1) is 0 Å². The van der Waals surface area contributed by atoms with Crippen molar-refractivity contribution >= 4 is 0 Å². The predicted molar refractivity (Wildman–Crippen MR) is 84.5 cm³/mol. The van der Waals surface area contributed by atoms with Crippen LogP contribution in [0.15, 0.2) is 28.8 Å². The molecular weight excluding hydrogens is 274 g/mol. The van der Waals surface area contributed by atoms with Crippen molar-refractivity contribution in [1.29, 1.82) is 0 Å². The van der Waals surface area contributed by atoms with E-state index in [0.717, 1.165) is 30.5 Å². The first-order valence-electron chi connectivity index (χ1n) is 8.42. The third-order valence-electron chi connectivity index (χ3n) is 5.25. The van der Waals surface area contributed by atoms with Crippen molar-refractivity contribution in [3.63, 3.8) is 0 Å². The average molecular weight is 297 g/mol. The highest BCUT2D eigenvalue weighted by atomic mass is 16.5. The molecule has 0 amide bonds. The molecule has 1 aliphatic heterocycles. The summed E-state index contributed by atoms with van der Waals surface area (Å²) in [5.74, 6) is 2.37. The summed E-state index contributed by atoms with van der Waals surface area (Å²) in [6.07, 6.45) is 7.26. The number of hydrogen-bond donors (Lipinski definition) is 1. The highest BCUT2D eigenvalue weighted by molar-refractivity contribution is 5.28. The van der Waals surface area contributed by atoms with Gasteiger partial charge >= 0.3 is 0 Å². The lowest BCUT2D eigenvalue weighted by molar-refractivity contribution is 0.324. The maximum Gasteiger partial charge on any atom is 0.243 e. The van der Waals surface area contributed by atoms with E-state index >= 15 is 0 Å². The van der Waals surface area contributed by atoms with Gasteiger partial charge in [0.1, 0.15) is 0 Å². The van der Waals surface area contributed by atoms with Gasteiger partial charge in [0.25, 0.3) is 0 Å². The van der Waals surface area contributed by atoms with Gasteiger partial charge in [-0.3, -0.25) is 0 Å². The Hall–Kier alpha value is -1.68. The van der Waals surface area contributed by atoms with Crippen LogP contribution in [0.25, 0.3) is 0 Å². The van der Waals surface area contributed by atoms with E-state index in [1.54, 1.807) is 0 Å². The maximum atomic E-state index is 5.54. The Kier molecular flexibility index (Phi) is 3.70. The Morgan fingerprint density at radius 2 is 2.09 bits per heavy atom. The molecule has 1 N–H and O–H groups in total. The maximum absolute atomic E-state index is 5.54. The fourth-order valence-corrected chi connectivity index (χ4v) is 3.97. The molecule has 4 nitrogen and oxygen atoms in total. The predicted octanol–water partition coefficient (Wildman–Crippen LogP) is 3.56. The summed E-state index contributed by atoms with van der Waals surface area (Å²) in [6, 6.07) is 9.29. The van der Waals surface area contributed by atoms with Crippen LogP contribution in [0.2, 0.25) is 0 Å². The lowest BCUT2D eigenvalue weighted by Crippen LogP contribution is -2.30. The Bertz CT molecular complexity index is 637. The van der Waals surface area contributed by atoms with E-state index in [1.807, 2.05) is 0 Å². The second-order valence-corrected chi connectivity index (χ2v) is 6.76. The van der Waals surface area contributed by atoms with Gasteiger partial charge in [-0.05, 0) is 43.2 Å². The molecule has 1 saturated heterocycles. The van der Waals surface area contributed by atoms with Gasteiger partial charge in [0, 0.05) is 12.5 Å². The zero-order valence-electron chi connectivity index (χ0n) is 13.1. The Balaban J connectivity index is 1.47. The van der Waals surface area contributed by atoms with Gasteiger partial charge in [0.2, 0.25) is 5.89 Å². The summed E-state index contributed by atoms with van der Waals surface area (Å²) in [5, 5.41) is 7.89. The molecule has 1 aromatic carbocycles. The number of nitrogens with one attached hydrogen (secondary N) is 1. The van der Waals surface area contributed by atoms with Gasteiger partial charge in [-0.2, -0.15) is 4.98 Å². The Morgan fingerprint density at radius 3 is 2.95 bits per heavy atom. The minimum absolute atomic E-state index is 0.256. The van der Waals surface area contributed by atoms with E-state index in [9.17, 15) is 0 Å². The van der Waals surface area contributed by atoms with Crippen molar-refractivity contribution in [3.05, 3.63) is 47.1 Å². The van der Waals surface area contributed by atoms with Crippen LogP contribution in [0.4, 0.5) is 0 Å². The van der Waals surface area contributed by atoms with Crippen LogP contribution >= 0.6 is 0 Å². The Morgan fingerprint density at radius 1 is 1.23 bits per heavy atom. The largest absolute Gasteiger partial charge is 0.338 e. The van der Waals surface area contributed by atoms with E-state index in [-0.39, 0.29) is 6.04 Å². The van der Waals surface area contributed by atoms with Crippen molar-refractivity contribution in [2.75, 3.05) is 0 Å². The highest BCUT2D eigenvalue weighted by Gasteiger charge is 2.38. The topological polar surface area (TPSA) is 51.0 Å². The van der Waals surface area contributed by atoms with Crippen molar-refractivity contribution in [1.82, 2.24) is 15.5 Å². The third kappa shape index (κ3) is 2.68. The van der Waals surface area contributed by atoms with Crippen molar-refractivity contribution in [2.24, 2.45) is 5.92 Å². The molecule has 0 radical (unpaired) electrons. The molecule has 2 aromatic rings. The molecule has 1 aromatic heterocycles. The van der Waals surface area contributed by atoms with Crippen LogP contribution in [0.1, 0.15) is 61.0 Å². The minimum atomic E-state index is 0.256. The summed E-state index contributed by atoms with van der Waals surface area (Å²) < 4.78 is 5.54. The van der Waals surface area contributed by atoms with E-state index in [0.29, 0.717) is 6.04 Å². The first-order chi connectivity index (χ1) is 10.8. The minimum Gasteiger partial charge on any atom is -0.338 e. The summed E-state index contributed by atoms with van der Waals surface area (Å²) in [4.78, 5) is 4.65. The molecule has 1 aliphatic carbocycles. The van der Waals surface area contributed by atoms with E-state index in [4.69, 9.17) is 4.52 Å². The van der Waals surface area contributed by atoms with Crippen molar-refractivity contribution in [2.45, 2.75) is 57.5 Å². The summed E-state index contributed by atoms with van der Waals surface area (Å²) >= 11 is 0. The highest BCUT2D eigenvalue weighted by Crippen LogP contribution is 2.38. The number of aromatic nitrogens is 2. The summed E-state index contributed by atoms with van der Waals surface area (Å²) in [7, 11) is 0. The molecule has 2 fully saturated rings. The van der Waals surface area contributed by atoms with Crippen molar-refractivity contribution < 1.29 is 4.52 Å². The van der Waals surface area contributed by atoms with Crippen molar-refractivity contribution in [3.8, 4) is 0 Å². The smallest absolute Gasteiger partial charge is 0.243 e. The number of hydrogen-bond acceptors (Lipinski definition) is 4. The molecule has 22 heavy (non-hydrogen) atoms. The standard InChI is InChI=1S/C18H23N3O/c1-12-6-2-3-7-13(12)11-17-20-18(22-21-17)16-10-14-8-4-5-9-15(14)19-16/h2-3,6-7,14-16,19H,4-5,8-11H2,1H3. The zero-order valence-corrected chi connectivity index (χ0v) is 13.1. The van der Waals surface area contributed by atoms with Gasteiger partial charge in [0.15, 0.2) is 5.82 Å². The quantitative estimate of drug-likeness (QED) is 0.941. The lowest BCUT2D eigenvalue weighted by Gasteiger charge is -2.24. The molecule has 3 atom stereocenters. The summed E-state index contributed by atoms with van der Waals surface area (Å²) in [6.45, 7) is 2.12. The molecule has 4 heteroatoms. The zero-order chi connectivity index (χ0) is 14.9. The first kappa shape index (κ1) is 13.9. The van der Waals surface area contributed by atoms with Crippen LogP contribution < -0.4 is 5.32 Å². The second kappa shape index (κ2) is 5.84. The molecule has 0 bridgehead atoms. The lowest BCUT2D eigenvalue weighted by atomic mass is 9.85. The van der Waals surface area contributed by atoms with Crippen LogP contribution in [-0.2, 0) is 6.42 Å². The van der Waals surface area contributed by atoms with Crippen LogP contribution in [0, 0.1) is 12.8 Å². The average Bonchev–Trinajstić information content (AvgIpc) is 3.15. The van der Waals surface area contributed by atoms with Gasteiger partial charge in [0.05, 0.1) is 6.04 Å². The second-order valence-electron chi connectivity index (χ2n) is 6.76. The molecule has 0 spiro atoms. The number of aryl methyl sites for hydroxylation is 1. The number of fused-ring (bicyclic) bond motifs is 1. The molecular formula is C18H23N3O. The Labute approximate surface area is 131 Å². The monoisotopic (exact) mass is 297 g/mol. The SMILES string of the molecule is Cc1ccccc1Cc1noc(C2CC3CCCCC3N2)n1. The van der Waals surface area contributed by atoms with E-state index in [1.165, 1.54) is 36.8 Å². The fourth-order valence-electron chi connectivity index (χ4n) is 3.97. The molecule has 2 heterocycles. The van der Waals surface area contributed by atoms with Gasteiger partial charge in [-0.25, -0.2) is 0 Å². The van der Waals surface area contributed by atoms with Gasteiger partial charge in [-0.1, -0.05) is 42.3 Å². The molecule has 2 aliphatic rings. The third-order valence-corrected chi connectivity index (χ3v) is 5.25. The van der Waals surface area contributed by atoms with E-state index < -0.39 is 0 Å². The molecule has 1 saturated carbocycles. The number of rotatable bonds is 3. The first-order valence-corrected chi connectivity index (χ1v) is 8.42. The van der Waals surface area contributed by atoms with Gasteiger partial charge < -0.3 is 9.84 Å². The van der Waals surface area contributed by atoms with Crippen LogP contribution in [0.3, 0.4) is 0 Å². The van der Waals surface area contributed by atoms with Crippen LogP contribution in [-0.4, -0.2) is 16.2 Å². The van der Waals surface area contributed by atoms with E-state index in [2.05, 4.69) is 46.6 Å². The number of nitrogens with zero attached hydrogens (tertiary/aromatic N) is 2. The molecule has 4 rings (SSSR count). The molecule has 3 unspecified atom stereocenters. The summed E-state index contributed by atoms with van der Waals surface area (Å²) in [5.41, 5.74) is 2.54. The fraction of sp³-hybridized carbons (Fsp3) is 0.556. The molecule has 116 valence electrons. The number of benzene rings is 1.